The first-order chi connectivity index (χ1) is 9.54. The summed E-state index contributed by atoms with van der Waals surface area (Å²) >= 11 is 0. The molecule has 2 aromatic carbocycles. The molecule has 0 bridgehead atoms. The van der Waals surface area contributed by atoms with Gasteiger partial charge in [0.2, 0.25) is 0 Å². The van der Waals surface area contributed by atoms with Crippen molar-refractivity contribution in [2.45, 2.75) is 19.9 Å². The number of carbonyl (C=O) groups is 1. The number of anilines is 2. The van der Waals surface area contributed by atoms with E-state index in [0.717, 1.165) is 22.5 Å². The van der Waals surface area contributed by atoms with Crippen molar-refractivity contribution in [3.05, 3.63) is 59.7 Å². The Morgan fingerprint density at radius 2 is 1.65 bits per heavy atom. The van der Waals surface area contributed by atoms with Gasteiger partial charge in [-0.3, -0.25) is 0 Å². The van der Waals surface area contributed by atoms with E-state index in [1.807, 2.05) is 62.4 Å². The number of aryl methyl sites for hydroxylation is 1. The predicted octanol–water partition coefficient (Wildman–Crippen LogP) is 3.66. The van der Waals surface area contributed by atoms with Crippen molar-refractivity contribution in [1.29, 1.82) is 0 Å². The fourth-order valence-corrected chi connectivity index (χ4v) is 1.92. The maximum atomic E-state index is 11.9. The van der Waals surface area contributed by atoms with Crippen molar-refractivity contribution >= 4 is 17.4 Å². The highest BCUT2D eigenvalue weighted by molar-refractivity contribution is 5.99. The zero-order valence-corrected chi connectivity index (χ0v) is 11.7. The third-order valence-corrected chi connectivity index (χ3v) is 2.95. The largest absolute Gasteiger partial charge is 0.324 e. The Kier molecular flexibility index (Phi) is 4.38. The first-order valence-corrected chi connectivity index (χ1v) is 6.55. The van der Waals surface area contributed by atoms with Crippen LogP contribution in [0.25, 0.3) is 0 Å². The van der Waals surface area contributed by atoms with Crippen LogP contribution in [0.4, 0.5) is 16.2 Å². The zero-order chi connectivity index (χ0) is 14.5. The van der Waals surface area contributed by atoms with E-state index < -0.39 is 0 Å². The van der Waals surface area contributed by atoms with E-state index in [0.29, 0.717) is 0 Å². The molecule has 0 aliphatic heterocycles. The van der Waals surface area contributed by atoms with Crippen LogP contribution in [0.5, 0.6) is 0 Å². The van der Waals surface area contributed by atoms with Crippen LogP contribution in [0.1, 0.15) is 24.1 Å². The van der Waals surface area contributed by atoms with Crippen LogP contribution in [0.2, 0.25) is 0 Å². The summed E-state index contributed by atoms with van der Waals surface area (Å²) in [5.74, 6) is 0. The van der Waals surface area contributed by atoms with Crippen LogP contribution in [-0.4, -0.2) is 6.03 Å². The lowest BCUT2D eigenvalue weighted by molar-refractivity contribution is 0.262. The fourth-order valence-electron chi connectivity index (χ4n) is 1.92. The lowest BCUT2D eigenvalue weighted by atomic mass is 10.1. The second-order valence-electron chi connectivity index (χ2n) is 4.86. The fraction of sp³-hybridized carbons (Fsp3) is 0.188. The van der Waals surface area contributed by atoms with Gasteiger partial charge in [0.25, 0.3) is 0 Å². The molecule has 4 heteroatoms. The number of hydrogen-bond donors (Lipinski definition) is 3. The smallest absolute Gasteiger partial charge is 0.323 e. The molecule has 2 amide bonds. The molecule has 4 N–H and O–H groups in total. The van der Waals surface area contributed by atoms with Gasteiger partial charge in [0.05, 0.1) is 0 Å². The van der Waals surface area contributed by atoms with Gasteiger partial charge in [-0.2, -0.15) is 0 Å². The second-order valence-corrected chi connectivity index (χ2v) is 4.86. The van der Waals surface area contributed by atoms with Crippen molar-refractivity contribution in [1.82, 2.24) is 0 Å². The normalized spacial score (nSPS) is 11.8. The highest BCUT2D eigenvalue weighted by Crippen LogP contribution is 2.16. The molecule has 4 nitrogen and oxygen atoms in total. The molecule has 0 aliphatic rings. The van der Waals surface area contributed by atoms with Gasteiger partial charge in [-0.05, 0) is 49.2 Å². The van der Waals surface area contributed by atoms with Gasteiger partial charge in [-0.25, -0.2) is 4.79 Å². The van der Waals surface area contributed by atoms with E-state index in [9.17, 15) is 4.79 Å². The lowest BCUT2D eigenvalue weighted by Gasteiger charge is -2.11. The molecule has 0 aliphatic carbocycles. The third kappa shape index (κ3) is 3.83. The minimum absolute atomic E-state index is 0.0587. The van der Waals surface area contributed by atoms with E-state index in [1.54, 1.807) is 0 Å². The highest BCUT2D eigenvalue weighted by atomic mass is 16.2. The van der Waals surface area contributed by atoms with Crippen LogP contribution in [0, 0.1) is 6.92 Å². The molecule has 0 saturated carbocycles. The number of rotatable bonds is 3. The van der Waals surface area contributed by atoms with Gasteiger partial charge < -0.3 is 16.4 Å². The standard InChI is InChI=1S/C16H19N3O/c1-11-5-3-7-14(9-11)18-16(20)19-15-8-4-6-13(10-15)12(2)17/h3-10,12H,17H2,1-2H3,(H2,18,19,20). The van der Waals surface area contributed by atoms with Crippen molar-refractivity contribution in [3.8, 4) is 0 Å². The Labute approximate surface area is 119 Å². The second kappa shape index (κ2) is 6.21. The average Bonchev–Trinajstić information content (AvgIpc) is 2.38. The summed E-state index contributed by atoms with van der Waals surface area (Å²) in [6.45, 7) is 3.89. The molecule has 1 unspecified atom stereocenters. The summed E-state index contributed by atoms with van der Waals surface area (Å²) in [7, 11) is 0. The molecule has 0 aromatic heterocycles. The van der Waals surface area contributed by atoms with E-state index in [-0.39, 0.29) is 12.1 Å². The number of hydrogen-bond acceptors (Lipinski definition) is 2. The third-order valence-electron chi connectivity index (χ3n) is 2.95. The van der Waals surface area contributed by atoms with Gasteiger partial charge in [0, 0.05) is 17.4 Å². The molecule has 0 spiro atoms. The number of amides is 2. The molecule has 104 valence electrons. The van der Waals surface area contributed by atoms with Gasteiger partial charge in [0.15, 0.2) is 0 Å². The topological polar surface area (TPSA) is 67.2 Å². The number of nitrogens with two attached hydrogens (primary N) is 1. The molecular weight excluding hydrogens is 250 g/mol. The molecule has 0 fully saturated rings. The van der Waals surface area contributed by atoms with Crippen molar-refractivity contribution in [2.24, 2.45) is 5.73 Å². The molecule has 0 heterocycles. The van der Waals surface area contributed by atoms with Gasteiger partial charge >= 0.3 is 6.03 Å². The minimum atomic E-state index is -0.266. The Hall–Kier alpha value is -2.33. The highest BCUT2D eigenvalue weighted by Gasteiger charge is 2.05. The molecule has 0 radical (unpaired) electrons. The number of nitrogens with one attached hydrogen (secondary N) is 2. The van der Waals surface area contributed by atoms with Crippen molar-refractivity contribution in [2.75, 3.05) is 10.6 Å². The summed E-state index contributed by atoms with van der Waals surface area (Å²) < 4.78 is 0. The molecule has 2 rings (SSSR count). The summed E-state index contributed by atoms with van der Waals surface area (Å²) in [4.78, 5) is 11.9. The predicted molar refractivity (Wildman–Crippen MR) is 82.9 cm³/mol. The van der Waals surface area contributed by atoms with Crippen molar-refractivity contribution in [3.63, 3.8) is 0 Å². The maximum absolute atomic E-state index is 11.9. The van der Waals surface area contributed by atoms with E-state index >= 15 is 0 Å². The van der Waals surface area contributed by atoms with Gasteiger partial charge in [-0.1, -0.05) is 24.3 Å². The van der Waals surface area contributed by atoms with Gasteiger partial charge in [0.1, 0.15) is 0 Å². The van der Waals surface area contributed by atoms with E-state index in [2.05, 4.69) is 10.6 Å². The van der Waals surface area contributed by atoms with Gasteiger partial charge in [-0.15, -0.1) is 0 Å². The quantitative estimate of drug-likeness (QED) is 0.796. The zero-order valence-electron chi connectivity index (χ0n) is 11.7. The number of benzene rings is 2. The summed E-state index contributed by atoms with van der Waals surface area (Å²) in [6.07, 6.45) is 0. The van der Waals surface area contributed by atoms with Crippen LogP contribution in [0.15, 0.2) is 48.5 Å². The Balaban J connectivity index is 2.03. The SMILES string of the molecule is Cc1cccc(NC(=O)Nc2cccc(C(C)N)c2)c1. The molecule has 1 atom stereocenters. The van der Waals surface area contributed by atoms with Crippen LogP contribution >= 0.6 is 0 Å². The summed E-state index contributed by atoms with van der Waals surface area (Å²) in [5, 5.41) is 5.60. The number of carbonyl (C=O) groups excluding carboxylic acids is 1. The maximum Gasteiger partial charge on any atom is 0.323 e. The first-order valence-electron chi connectivity index (χ1n) is 6.55. The molecule has 2 aromatic rings. The van der Waals surface area contributed by atoms with Crippen LogP contribution in [-0.2, 0) is 0 Å². The van der Waals surface area contributed by atoms with Crippen LogP contribution < -0.4 is 16.4 Å². The first kappa shape index (κ1) is 14.1. The van der Waals surface area contributed by atoms with Crippen LogP contribution in [0.3, 0.4) is 0 Å². The summed E-state index contributed by atoms with van der Waals surface area (Å²) in [5.41, 5.74) is 9.40. The number of urea groups is 1. The average molecular weight is 269 g/mol. The Morgan fingerprint density at radius 1 is 1.05 bits per heavy atom. The lowest BCUT2D eigenvalue weighted by Crippen LogP contribution is -2.19. The molecule has 20 heavy (non-hydrogen) atoms. The molecular formula is C16H19N3O. The minimum Gasteiger partial charge on any atom is -0.324 e. The van der Waals surface area contributed by atoms with Crippen molar-refractivity contribution < 1.29 is 4.79 Å². The summed E-state index contributed by atoms with van der Waals surface area (Å²) in [6, 6.07) is 14.9. The Morgan fingerprint density at radius 3 is 2.25 bits per heavy atom. The molecule has 0 saturated heterocycles. The Bertz CT molecular complexity index is 608. The monoisotopic (exact) mass is 269 g/mol. The van der Waals surface area contributed by atoms with E-state index in [4.69, 9.17) is 5.73 Å². The van der Waals surface area contributed by atoms with E-state index in [1.165, 1.54) is 0 Å².